The molecule has 55 heavy (non-hydrogen) atoms. The van der Waals surface area contributed by atoms with E-state index in [1.807, 2.05) is 0 Å². The lowest BCUT2D eigenvalue weighted by atomic mass is 9.85. The summed E-state index contributed by atoms with van der Waals surface area (Å²) in [5.74, 6) is -1.13. The molecule has 0 bridgehead atoms. The van der Waals surface area contributed by atoms with Crippen LogP contribution in [0.3, 0.4) is 0 Å². The number of phosphoric acid groups is 1. The average Bonchev–Trinajstić information content (AvgIpc) is 3.16. The molecular formula is C41H73O13P. The molecule has 0 spiro atoms. The van der Waals surface area contributed by atoms with Crippen LogP contribution in [0.4, 0.5) is 0 Å². The van der Waals surface area contributed by atoms with Crippen molar-refractivity contribution < 1.29 is 63.1 Å². The summed E-state index contributed by atoms with van der Waals surface area (Å²) < 4.78 is 33.4. The normalized spacial score (nSPS) is 23.4. The van der Waals surface area contributed by atoms with Gasteiger partial charge in [0.2, 0.25) is 0 Å². The molecule has 13 nitrogen and oxygen atoms in total. The fourth-order valence-electron chi connectivity index (χ4n) is 6.00. The SMILES string of the molecule is CCCC/C=C/CCCCCCCC(=O)O[C@H](COC(=O)CCCCCCC/C=C/C/C=C/CCCCC)COP(=O)(O)OC1C(O)C(O)C(O)[C@@H](O)C1O. The van der Waals surface area contributed by atoms with E-state index in [1.54, 1.807) is 0 Å². The van der Waals surface area contributed by atoms with Crippen LogP contribution in [0.1, 0.15) is 155 Å². The Labute approximate surface area is 329 Å². The maximum atomic E-state index is 12.8. The molecule has 8 atom stereocenters. The molecule has 0 heterocycles. The Bertz CT molecular complexity index is 1110. The first-order chi connectivity index (χ1) is 26.4. The Balaban J connectivity index is 2.52. The largest absolute Gasteiger partial charge is 0.472 e. The summed E-state index contributed by atoms with van der Waals surface area (Å²) in [6.07, 6.45) is 20.7. The van der Waals surface area contributed by atoms with E-state index in [2.05, 4.69) is 50.3 Å². The highest BCUT2D eigenvalue weighted by Crippen LogP contribution is 2.47. The van der Waals surface area contributed by atoms with Crippen molar-refractivity contribution >= 4 is 19.8 Å². The van der Waals surface area contributed by atoms with Gasteiger partial charge in [0, 0.05) is 12.8 Å². The van der Waals surface area contributed by atoms with Crippen molar-refractivity contribution in [3.63, 3.8) is 0 Å². The Kier molecular flexibility index (Phi) is 29.8. The summed E-state index contributed by atoms with van der Waals surface area (Å²) in [7, 11) is -5.12. The molecule has 1 aliphatic carbocycles. The lowest BCUT2D eigenvalue weighted by molar-refractivity contribution is -0.220. The van der Waals surface area contributed by atoms with Crippen molar-refractivity contribution in [1.29, 1.82) is 0 Å². The van der Waals surface area contributed by atoms with Crippen molar-refractivity contribution in [1.82, 2.24) is 0 Å². The molecule has 0 amide bonds. The van der Waals surface area contributed by atoms with Crippen molar-refractivity contribution in [2.75, 3.05) is 13.2 Å². The van der Waals surface area contributed by atoms with E-state index in [1.165, 1.54) is 32.1 Å². The van der Waals surface area contributed by atoms with Crippen molar-refractivity contribution in [2.45, 2.75) is 198 Å². The molecule has 6 N–H and O–H groups in total. The van der Waals surface area contributed by atoms with Crippen LogP contribution in [-0.2, 0) is 32.7 Å². The highest BCUT2D eigenvalue weighted by Gasteiger charge is 2.51. The third kappa shape index (κ3) is 25.1. The fourth-order valence-corrected chi connectivity index (χ4v) is 6.97. The zero-order valence-electron chi connectivity index (χ0n) is 33.5. The van der Waals surface area contributed by atoms with Gasteiger partial charge < -0.3 is 39.9 Å². The fraction of sp³-hybridized carbons (Fsp3) is 0.805. The van der Waals surface area contributed by atoms with Crippen LogP contribution in [0, 0.1) is 0 Å². The van der Waals surface area contributed by atoms with Crippen molar-refractivity contribution in [3.05, 3.63) is 36.5 Å². The molecule has 0 aliphatic heterocycles. The number of aliphatic hydroxyl groups excluding tert-OH is 5. The van der Waals surface area contributed by atoms with Gasteiger partial charge in [-0.15, -0.1) is 0 Å². The average molecular weight is 805 g/mol. The van der Waals surface area contributed by atoms with Gasteiger partial charge in [0.05, 0.1) is 6.61 Å². The predicted octanol–water partition coefficient (Wildman–Crippen LogP) is 7.05. The zero-order chi connectivity index (χ0) is 40.7. The number of unbranched alkanes of at least 4 members (excludes halogenated alkanes) is 15. The summed E-state index contributed by atoms with van der Waals surface area (Å²) in [5.41, 5.74) is 0. The number of allylic oxidation sites excluding steroid dienone is 6. The van der Waals surface area contributed by atoms with Gasteiger partial charge in [0.25, 0.3) is 0 Å². The topological polar surface area (TPSA) is 210 Å². The number of esters is 2. The number of hydrogen-bond donors (Lipinski definition) is 6. The van der Waals surface area contributed by atoms with Crippen LogP contribution in [0.25, 0.3) is 0 Å². The maximum absolute atomic E-state index is 12.8. The van der Waals surface area contributed by atoms with Gasteiger partial charge in [-0.3, -0.25) is 18.6 Å². The molecule has 14 heteroatoms. The number of phosphoric ester groups is 1. The molecule has 0 radical (unpaired) electrons. The molecule has 1 fully saturated rings. The summed E-state index contributed by atoms with van der Waals surface area (Å²) >= 11 is 0. The van der Waals surface area contributed by atoms with Gasteiger partial charge >= 0.3 is 19.8 Å². The second-order valence-electron chi connectivity index (χ2n) is 14.5. The molecular weight excluding hydrogens is 731 g/mol. The van der Waals surface area contributed by atoms with Gasteiger partial charge in [-0.25, -0.2) is 4.57 Å². The first-order valence-electron chi connectivity index (χ1n) is 20.8. The molecule has 320 valence electrons. The van der Waals surface area contributed by atoms with Crippen molar-refractivity contribution in [2.24, 2.45) is 0 Å². The number of carbonyl (C=O) groups excluding carboxylic acids is 2. The molecule has 1 aliphatic rings. The van der Waals surface area contributed by atoms with Gasteiger partial charge in [0.15, 0.2) is 6.10 Å². The standard InChI is InChI=1S/C41H73O13P/c1-3-5-7-9-11-13-15-16-17-18-20-21-23-25-27-29-34(42)51-31-33(53-35(43)30-28-26-24-22-19-14-12-10-8-6-4-2)32-52-55(49,50)54-41-39(47)37(45)36(44)38(46)40(41)48/h10-13,16-17,33,36-41,44-48H,3-9,14-15,18-32H2,1-2H3,(H,49,50)/b12-10+,13-11+,17-16+/t33-,36?,37-,38?,39?,40?,41?/m1/s1. The Morgan fingerprint density at radius 3 is 1.55 bits per heavy atom. The molecule has 0 aromatic rings. The summed E-state index contributed by atoms with van der Waals surface area (Å²) in [6.45, 7) is 3.18. The third-order valence-electron chi connectivity index (χ3n) is 9.45. The zero-order valence-corrected chi connectivity index (χ0v) is 34.4. The number of hydrogen-bond acceptors (Lipinski definition) is 12. The van der Waals surface area contributed by atoms with E-state index < -0.39 is 75.7 Å². The first kappa shape index (κ1) is 51.1. The number of rotatable bonds is 33. The highest BCUT2D eigenvalue weighted by atomic mass is 31.2. The molecule has 0 saturated heterocycles. The van der Waals surface area contributed by atoms with Crippen LogP contribution in [0.5, 0.6) is 0 Å². The number of ether oxygens (including phenoxy) is 2. The number of aliphatic hydroxyl groups is 5. The minimum absolute atomic E-state index is 0.0825. The van der Waals surface area contributed by atoms with Gasteiger partial charge in [-0.05, 0) is 64.2 Å². The lowest BCUT2D eigenvalue weighted by Crippen LogP contribution is -2.64. The Morgan fingerprint density at radius 1 is 0.564 bits per heavy atom. The second kappa shape index (κ2) is 32.1. The minimum Gasteiger partial charge on any atom is -0.462 e. The third-order valence-corrected chi connectivity index (χ3v) is 10.4. The van der Waals surface area contributed by atoms with Crippen LogP contribution in [0.2, 0.25) is 0 Å². The molecule has 0 aromatic carbocycles. The lowest BCUT2D eigenvalue weighted by Gasteiger charge is -2.41. The number of carbonyl (C=O) groups is 2. The van der Waals surface area contributed by atoms with Crippen LogP contribution >= 0.6 is 7.82 Å². The van der Waals surface area contributed by atoms with Crippen molar-refractivity contribution in [3.8, 4) is 0 Å². The van der Waals surface area contributed by atoms with E-state index in [9.17, 15) is 44.6 Å². The van der Waals surface area contributed by atoms with Crippen LogP contribution in [-0.4, -0.2) is 98.3 Å². The van der Waals surface area contributed by atoms with E-state index in [0.29, 0.717) is 12.8 Å². The van der Waals surface area contributed by atoms with Gasteiger partial charge in [-0.1, -0.05) is 115 Å². The monoisotopic (exact) mass is 804 g/mol. The molecule has 0 aromatic heterocycles. The Morgan fingerprint density at radius 2 is 1.00 bits per heavy atom. The van der Waals surface area contributed by atoms with Gasteiger partial charge in [0.1, 0.15) is 43.2 Å². The van der Waals surface area contributed by atoms with E-state index in [0.717, 1.165) is 83.5 Å². The van der Waals surface area contributed by atoms with Gasteiger partial charge in [-0.2, -0.15) is 0 Å². The maximum Gasteiger partial charge on any atom is 0.472 e. The predicted molar refractivity (Wildman–Crippen MR) is 212 cm³/mol. The summed E-state index contributed by atoms with van der Waals surface area (Å²) in [5, 5.41) is 50.0. The second-order valence-corrected chi connectivity index (χ2v) is 15.9. The van der Waals surface area contributed by atoms with E-state index in [-0.39, 0.29) is 12.8 Å². The summed E-state index contributed by atoms with van der Waals surface area (Å²) in [6, 6.07) is 0. The van der Waals surface area contributed by atoms with Crippen LogP contribution < -0.4 is 0 Å². The summed E-state index contributed by atoms with van der Waals surface area (Å²) in [4.78, 5) is 35.5. The highest BCUT2D eigenvalue weighted by molar-refractivity contribution is 7.47. The van der Waals surface area contributed by atoms with E-state index in [4.69, 9.17) is 18.5 Å². The quantitative estimate of drug-likeness (QED) is 0.0170. The van der Waals surface area contributed by atoms with Crippen LogP contribution in [0.15, 0.2) is 36.5 Å². The molecule has 1 saturated carbocycles. The minimum atomic E-state index is -5.12. The molecule has 1 rings (SSSR count). The van der Waals surface area contributed by atoms with E-state index >= 15 is 0 Å². The first-order valence-corrected chi connectivity index (χ1v) is 22.3. The molecule has 6 unspecified atom stereocenters. The smallest absolute Gasteiger partial charge is 0.462 e. The Hall–Kier alpha value is -1.93.